The van der Waals surface area contributed by atoms with Crippen LogP contribution in [-0.4, -0.2) is 37.4 Å². The summed E-state index contributed by atoms with van der Waals surface area (Å²) in [7, 11) is 3.99. The van der Waals surface area contributed by atoms with Crippen LogP contribution in [0.15, 0.2) is 41.0 Å². The predicted molar refractivity (Wildman–Crippen MR) is 120 cm³/mol. The zero-order chi connectivity index (χ0) is 21.7. The largest absolute Gasteiger partial charge is 0.459 e. The number of nitrogens with zero attached hydrogens (tertiary/aromatic N) is 2. The predicted octanol–water partition coefficient (Wildman–Crippen LogP) is 4.77. The molecule has 1 saturated carbocycles. The van der Waals surface area contributed by atoms with Crippen molar-refractivity contribution in [1.82, 2.24) is 4.90 Å². The molecule has 1 aromatic heterocycles. The highest BCUT2D eigenvalue weighted by atomic mass is 16.3. The van der Waals surface area contributed by atoms with Gasteiger partial charge in [-0.3, -0.25) is 9.59 Å². The molecule has 0 aliphatic heterocycles. The molecule has 0 spiro atoms. The van der Waals surface area contributed by atoms with E-state index >= 15 is 0 Å². The van der Waals surface area contributed by atoms with Crippen LogP contribution in [0.5, 0.6) is 0 Å². The number of nitrogens with one attached hydrogen (secondary N) is 1. The number of anilines is 2. The van der Waals surface area contributed by atoms with Gasteiger partial charge in [0.25, 0.3) is 5.91 Å². The topological polar surface area (TPSA) is 65.8 Å². The van der Waals surface area contributed by atoms with Crippen molar-refractivity contribution in [2.45, 2.75) is 46.1 Å². The zero-order valence-electron chi connectivity index (χ0n) is 18.5. The second-order valence-corrected chi connectivity index (χ2v) is 8.34. The van der Waals surface area contributed by atoms with E-state index in [0.717, 1.165) is 30.6 Å². The van der Waals surface area contributed by atoms with E-state index in [9.17, 15) is 9.59 Å². The lowest BCUT2D eigenvalue weighted by Crippen LogP contribution is -2.37. The van der Waals surface area contributed by atoms with Crippen LogP contribution in [0.3, 0.4) is 0 Å². The quantitative estimate of drug-likeness (QED) is 0.611. The Balaban J connectivity index is 1.84. The summed E-state index contributed by atoms with van der Waals surface area (Å²) >= 11 is 0. The molecule has 0 radical (unpaired) electrons. The first kappa shape index (κ1) is 21.9. The maximum absolute atomic E-state index is 13.2. The fourth-order valence-corrected chi connectivity index (χ4v) is 3.77. The van der Waals surface area contributed by atoms with Crippen LogP contribution in [0.1, 0.15) is 55.6 Å². The lowest BCUT2D eigenvalue weighted by atomic mass is 10.0. The Kier molecular flexibility index (Phi) is 7.19. The summed E-state index contributed by atoms with van der Waals surface area (Å²) in [6.45, 7) is 5.52. The van der Waals surface area contributed by atoms with E-state index in [2.05, 4.69) is 19.2 Å². The van der Waals surface area contributed by atoms with Crippen molar-refractivity contribution in [3.8, 4) is 0 Å². The highest BCUT2D eigenvalue weighted by molar-refractivity contribution is 6.02. The third-order valence-corrected chi connectivity index (χ3v) is 5.75. The average molecular weight is 412 g/mol. The van der Waals surface area contributed by atoms with Gasteiger partial charge in [-0.2, -0.15) is 0 Å². The van der Waals surface area contributed by atoms with Gasteiger partial charge in [0.05, 0.1) is 6.26 Å². The minimum absolute atomic E-state index is 0.0633. The maximum atomic E-state index is 13.2. The van der Waals surface area contributed by atoms with Crippen molar-refractivity contribution in [3.63, 3.8) is 0 Å². The fourth-order valence-electron chi connectivity index (χ4n) is 3.77. The minimum Gasteiger partial charge on any atom is -0.459 e. The molecule has 1 aliphatic carbocycles. The molecule has 1 aliphatic rings. The summed E-state index contributed by atoms with van der Waals surface area (Å²) in [6, 6.07) is 9.17. The van der Waals surface area contributed by atoms with Gasteiger partial charge >= 0.3 is 0 Å². The number of hydrogen-bond donors (Lipinski definition) is 1. The van der Waals surface area contributed by atoms with Crippen molar-refractivity contribution < 1.29 is 14.0 Å². The smallest absolute Gasteiger partial charge is 0.291 e. The summed E-state index contributed by atoms with van der Waals surface area (Å²) in [4.78, 5) is 29.6. The first-order chi connectivity index (χ1) is 14.4. The number of rotatable bonds is 10. The highest BCUT2D eigenvalue weighted by Gasteiger charge is 2.30. The summed E-state index contributed by atoms with van der Waals surface area (Å²) in [5.74, 6) is 0.905. The molecule has 0 saturated heterocycles. The van der Waals surface area contributed by atoms with Gasteiger partial charge in [-0.1, -0.05) is 13.8 Å². The van der Waals surface area contributed by atoms with Gasteiger partial charge in [0.2, 0.25) is 5.91 Å². The number of benzene rings is 1. The lowest BCUT2D eigenvalue weighted by molar-refractivity contribution is -0.136. The van der Waals surface area contributed by atoms with E-state index in [4.69, 9.17) is 4.42 Å². The normalized spacial score (nSPS) is 13.4. The van der Waals surface area contributed by atoms with Crippen molar-refractivity contribution in [1.29, 1.82) is 0 Å². The Morgan fingerprint density at radius 2 is 1.90 bits per heavy atom. The van der Waals surface area contributed by atoms with Gasteiger partial charge in [0.15, 0.2) is 5.76 Å². The van der Waals surface area contributed by atoms with Crippen LogP contribution in [0.25, 0.3) is 0 Å². The molecule has 0 bridgehead atoms. The SMILES string of the molecule is CCC(CC)C(=O)N(Cc1cc(NC(=O)c2ccco2)ccc1N(C)C)CC1CC1. The highest BCUT2D eigenvalue weighted by Crippen LogP contribution is 2.32. The molecule has 6 nitrogen and oxygen atoms in total. The molecular formula is C24H33N3O3. The first-order valence-electron chi connectivity index (χ1n) is 10.9. The Labute approximate surface area is 179 Å². The molecule has 162 valence electrons. The molecule has 2 aromatic rings. The molecule has 0 unspecified atom stereocenters. The van der Waals surface area contributed by atoms with Crippen LogP contribution in [0, 0.1) is 11.8 Å². The molecule has 2 amide bonds. The van der Waals surface area contributed by atoms with Crippen LogP contribution in [-0.2, 0) is 11.3 Å². The number of furan rings is 1. The van der Waals surface area contributed by atoms with Crippen molar-refractivity contribution in [2.24, 2.45) is 11.8 Å². The molecule has 0 atom stereocenters. The Morgan fingerprint density at radius 3 is 2.47 bits per heavy atom. The maximum Gasteiger partial charge on any atom is 0.291 e. The monoisotopic (exact) mass is 411 g/mol. The zero-order valence-corrected chi connectivity index (χ0v) is 18.5. The molecule has 3 rings (SSSR count). The van der Waals surface area contributed by atoms with Crippen LogP contribution < -0.4 is 10.2 Å². The second kappa shape index (κ2) is 9.83. The Bertz CT molecular complexity index is 853. The molecular weight excluding hydrogens is 378 g/mol. The van der Waals surface area contributed by atoms with E-state index in [-0.39, 0.29) is 23.5 Å². The van der Waals surface area contributed by atoms with E-state index in [1.165, 1.54) is 19.1 Å². The summed E-state index contributed by atoms with van der Waals surface area (Å²) in [6.07, 6.45) is 5.60. The van der Waals surface area contributed by atoms with E-state index in [1.54, 1.807) is 12.1 Å². The van der Waals surface area contributed by atoms with E-state index < -0.39 is 0 Å². The lowest BCUT2D eigenvalue weighted by Gasteiger charge is -2.29. The molecule has 1 N–H and O–H groups in total. The van der Waals surface area contributed by atoms with Crippen LogP contribution in [0.2, 0.25) is 0 Å². The van der Waals surface area contributed by atoms with Gasteiger partial charge in [0.1, 0.15) is 0 Å². The van der Waals surface area contributed by atoms with Crippen molar-refractivity contribution in [3.05, 3.63) is 47.9 Å². The number of carbonyl (C=O) groups excluding carboxylic acids is 2. The first-order valence-corrected chi connectivity index (χ1v) is 10.9. The number of carbonyl (C=O) groups is 2. The van der Waals surface area contributed by atoms with Gasteiger partial charge in [-0.15, -0.1) is 0 Å². The average Bonchev–Trinajstić information content (AvgIpc) is 3.36. The number of amides is 2. The minimum atomic E-state index is -0.286. The third-order valence-electron chi connectivity index (χ3n) is 5.75. The summed E-state index contributed by atoms with van der Waals surface area (Å²) in [5, 5.41) is 2.90. The summed E-state index contributed by atoms with van der Waals surface area (Å²) < 4.78 is 5.18. The van der Waals surface area contributed by atoms with Crippen LogP contribution >= 0.6 is 0 Å². The Morgan fingerprint density at radius 1 is 1.17 bits per heavy atom. The molecule has 1 heterocycles. The molecule has 30 heavy (non-hydrogen) atoms. The van der Waals surface area contributed by atoms with Crippen molar-refractivity contribution >= 4 is 23.2 Å². The second-order valence-electron chi connectivity index (χ2n) is 8.34. The van der Waals surface area contributed by atoms with Crippen LogP contribution in [0.4, 0.5) is 11.4 Å². The third kappa shape index (κ3) is 5.43. The standard InChI is InChI=1S/C24H33N3O3/c1-5-18(6-2)24(29)27(15-17-9-10-17)16-19-14-20(11-12-21(19)26(3)4)25-23(28)22-8-7-13-30-22/h7-8,11-14,17-18H,5-6,9-10,15-16H2,1-4H3,(H,25,28). The summed E-state index contributed by atoms with van der Waals surface area (Å²) in [5.41, 5.74) is 2.76. The van der Waals surface area contributed by atoms with Crippen molar-refractivity contribution in [2.75, 3.05) is 30.9 Å². The molecule has 6 heteroatoms. The Hall–Kier alpha value is -2.76. The van der Waals surface area contributed by atoms with E-state index in [1.807, 2.05) is 42.1 Å². The number of hydrogen-bond acceptors (Lipinski definition) is 4. The molecule has 1 aromatic carbocycles. The fraction of sp³-hybridized carbons (Fsp3) is 0.500. The van der Waals surface area contributed by atoms with Gasteiger partial charge in [0, 0.05) is 44.5 Å². The van der Waals surface area contributed by atoms with Gasteiger partial charge in [-0.05, 0) is 67.5 Å². The van der Waals surface area contributed by atoms with Gasteiger partial charge in [-0.25, -0.2) is 0 Å². The van der Waals surface area contributed by atoms with E-state index in [0.29, 0.717) is 18.2 Å². The van der Waals surface area contributed by atoms with Gasteiger partial charge < -0.3 is 19.5 Å². The molecule has 1 fully saturated rings.